The van der Waals surface area contributed by atoms with Gasteiger partial charge in [-0.3, -0.25) is 10.1 Å². The second-order valence-electron chi connectivity index (χ2n) is 6.61. The Morgan fingerprint density at radius 1 is 1.10 bits per heavy atom. The zero-order valence-corrected chi connectivity index (χ0v) is 17.4. The quantitative estimate of drug-likeness (QED) is 0.245. The third kappa shape index (κ3) is 5.36. The summed E-state index contributed by atoms with van der Waals surface area (Å²) >= 11 is 5.98. The smallest absolute Gasteiger partial charge is 0.353 e. The number of ether oxygens (including phenoxy) is 1. The Kier molecular flexibility index (Phi) is 7.03. The topological polar surface area (TPSA) is 102 Å². The summed E-state index contributed by atoms with van der Waals surface area (Å²) in [5.41, 5.74) is 1.90. The van der Waals surface area contributed by atoms with Crippen molar-refractivity contribution in [1.29, 1.82) is 0 Å². The van der Waals surface area contributed by atoms with Crippen molar-refractivity contribution >= 4 is 40.3 Å². The molecule has 3 rings (SSSR count). The molecule has 0 saturated heterocycles. The van der Waals surface area contributed by atoms with E-state index in [1.807, 2.05) is 6.92 Å². The van der Waals surface area contributed by atoms with E-state index in [-0.39, 0.29) is 17.3 Å². The minimum Gasteiger partial charge on any atom is -0.494 e. The van der Waals surface area contributed by atoms with Gasteiger partial charge in [0.25, 0.3) is 0 Å². The van der Waals surface area contributed by atoms with E-state index >= 15 is 0 Å². The van der Waals surface area contributed by atoms with Gasteiger partial charge in [0.1, 0.15) is 12.1 Å². The molecule has 2 aromatic carbocycles. The molecule has 1 heterocycles. The third-order valence-corrected chi connectivity index (χ3v) is 4.57. The van der Waals surface area contributed by atoms with E-state index in [9.17, 15) is 10.1 Å². The SMILES string of the molecule is CCCCOc1ccc(Nc2ncnc(Nc3ccc(Cl)cc3C)c2[N+](=O)[O-])cc1. The first-order valence-electron chi connectivity index (χ1n) is 9.50. The first-order chi connectivity index (χ1) is 14.5. The lowest BCUT2D eigenvalue weighted by molar-refractivity contribution is -0.383. The molecular formula is C21H22ClN5O3. The lowest BCUT2D eigenvalue weighted by Gasteiger charge is -2.12. The minimum atomic E-state index is -0.516. The average Bonchev–Trinajstić information content (AvgIpc) is 2.71. The van der Waals surface area contributed by atoms with Crippen LogP contribution < -0.4 is 15.4 Å². The van der Waals surface area contributed by atoms with Crippen molar-refractivity contribution in [1.82, 2.24) is 9.97 Å². The number of hydrogen-bond donors (Lipinski definition) is 2. The van der Waals surface area contributed by atoms with Gasteiger partial charge in [-0.1, -0.05) is 24.9 Å². The second-order valence-corrected chi connectivity index (χ2v) is 7.05. The van der Waals surface area contributed by atoms with E-state index in [4.69, 9.17) is 16.3 Å². The van der Waals surface area contributed by atoms with E-state index in [1.54, 1.807) is 42.5 Å². The molecule has 0 aliphatic carbocycles. The number of rotatable bonds is 9. The van der Waals surface area contributed by atoms with Crippen LogP contribution in [-0.2, 0) is 0 Å². The Labute approximate surface area is 179 Å². The molecule has 0 radical (unpaired) electrons. The van der Waals surface area contributed by atoms with Crippen LogP contribution in [-0.4, -0.2) is 21.5 Å². The van der Waals surface area contributed by atoms with Crippen LogP contribution in [0.3, 0.4) is 0 Å². The van der Waals surface area contributed by atoms with Gasteiger partial charge in [0.15, 0.2) is 0 Å². The number of hydrogen-bond acceptors (Lipinski definition) is 7. The van der Waals surface area contributed by atoms with Gasteiger partial charge in [-0.25, -0.2) is 9.97 Å². The van der Waals surface area contributed by atoms with Crippen molar-refractivity contribution < 1.29 is 9.66 Å². The van der Waals surface area contributed by atoms with Crippen molar-refractivity contribution in [2.45, 2.75) is 26.7 Å². The Hall–Kier alpha value is -3.39. The highest BCUT2D eigenvalue weighted by Gasteiger charge is 2.23. The summed E-state index contributed by atoms with van der Waals surface area (Å²) in [4.78, 5) is 19.4. The fourth-order valence-corrected chi connectivity index (χ4v) is 2.96. The molecule has 2 N–H and O–H groups in total. The zero-order valence-electron chi connectivity index (χ0n) is 16.7. The van der Waals surface area contributed by atoms with Gasteiger partial charge < -0.3 is 15.4 Å². The number of nitrogens with zero attached hydrogens (tertiary/aromatic N) is 3. The molecule has 0 spiro atoms. The summed E-state index contributed by atoms with van der Waals surface area (Å²) in [6.45, 7) is 4.60. The summed E-state index contributed by atoms with van der Waals surface area (Å²) in [5, 5.41) is 18.3. The summed E-state index contributed by atoms with van der Waals surface area (Å²) < 4.78 is 5.64. The number of nitro groups is 1. The van der Waals surface area contributed by atoms with Crippen LogP contribution in [0.25, 0.3) is 0 Å². The van der Waals surface area contributed by atoms with E-state index in [1.165, 1.54) is 6.33 Å². The molecule has 0 unspecified atom stereocenters. The molecule has 0 saturated carbocycles. The standard InChI is InChI=1S/C21H22ClN5O3/c1-3-4-11-30-17-8-6-16(7-9-17)25-20-19(27(28)29)21(24-13-23-20)26-18-10-5-15(22)12-14(18)2/h5-10,12-13H,3-4,11H2,1-2H3,(H2,23,24,25,26). The first kappa shape index (κ1) is 21.3. The van der Waals surface area contributed by atoms with E-state index in [0.717, 1.165) is 24.2 Å². The maximum Gasteiger partial charge on any atom is 0.353 e. The highest BCUT2D eigenvalue weighted by Crippen LogP contribution is 2.34. The van der Waals surface area contributed by atoms with Crippen molar-refractivity contribution in [3.63, 3.8) is 0 Å². The van der Waals surface area contributed by atoms with Crippen LogP contribution in [0.1, 0.15) is 25.3 Å². The molecule has 0 amide bonds. The Morgan fingerprint density at radius 3 is 2.43 bits per heavy atom. The highest BCUT2D eigenvalue weighted by atomic mass is 35.5. The molecule has 0 aliphatic rings. The molecule has 1 aromatic heterocycles. The maximum atomic E-state index is 11.8. The van der Waals surface area contributed by atoms with Crippen molar-refractivity contribution in [3.05, 3.63) is 69.5 Å². The molecule has 9 heteroatoms. The highest BCUT2D eigenvalue weighted by molar-refractivity contribution is 6.30. The van der Waals surface area contributed by atoms with Gasteiger partial charge in [0, 0.05) is 16.4 Å². The summed E-state index contributed by atoms with van der Waals surface area (Å²) in [7, 11) is 0. The van der Waals surface area contributed by atoms with E-state index < -0.39 is 4.92 Å². The molecule has 156 valence electrons. The predicted molar refractivity (Wildman–Crippen MR) is 118 cm³/mol. The van der Waals surface area contributed by atoms with Gasteiger partial charge in [-0.05, 0) is 61.4 Å². The maximum absolute atomic E-state index is 11.8. The van der Waals surface area contributed by atoms with Crippen LogP contribution in [0.15, 0.2) is 48.8 Å². The normalized spacial score (nSPS) is 10.5. The van der Waals surface area contributed by atoms with Crippen molar-refractivity contribution in [3.8, 4) is 5.75 Å². The van der Waals surface area contributed by atoms with Crippen LogP contribution in [0.5, 0.6) is 5.75 Å². The molecule has 30 heavy (non-hydrogen) atoms. The van der Waals surface area contributed by atoms with E-state index in [2.05, 4.69) is 27.5 Å². The molecule has 0 atom stereocenters. The lowest BCUT2D eigenvalue weighted by Crippen LogP contribution is -2.06. The minimum absolute atomic E-state index is 0.0856. The van der Waals surface area contributed by atoms with Crippen molar-refractivity contribution in [2.24, 2.45) is 0 Å². The van der Waals surface area contributed by atoms with Crippen LogP contribution in [0, 0.1) is 17.0 Å². The Bertz CT molecular complexity index is 1030. The van der Waals surface area contributed by atoms with Crippen molar-refractivity contribution in [2.75, 3.05) is 17.2 Å². The first-order valence-corrected chi connectivity index (χ1v) is 9.88. The molecular weight excluding hydrogens is 406 g/mol. The van der Waals surface area contributed by atoms with Gasteiger partial charge in [-0.15, -0.1) is 0 Å². The number of halogens is 1. The third-order valence-electron chi connectivity index (χ3n) is 4.33. The van der Waals surface area contributed by atoms with Gasteiger partial charge in [-0.2, -0.15) is 0 Å². The average molecular weight is 428 g/mol. The van der Waals surface area contributed by atoms with E-state index in [0.29, 0.717) is 23.0 Å². The van der Waals surface area contributed by atoms with Crippen LogP contribution in [0.2, 0.25) is 5.02 Å². The number of unbranched alkanes of at least 4 members (excludes halogenated alkanes) is 1. The number of nitrogens with one attached hydrogen (secondary N) is 2. The summed E-state index contributed by atoms with van der Waals surface area (Å²) in [5.74, 6) is 0.915. The molecule has 0 fully saturated rings. The Morgan fingerprint density at radius 2 is 1.80 bits per heavy atom. The monoisotopic (exact) mass is 427 g/mol. The molecule has 0 aliphatic heterocycles. The summed E-state index contributed by atoms with van der Waals surface area (Å²) in [6, 6.07) is 12.4. The largest absolute Gasteiger partial charge is 0.494 e. The predicted octanol–water partition coefficient (Wildman–Crippen LogP) is 6.01. The van der Waals surface area contributed by atoms with Crippen LogP contribution in [0.4, 0.5) is 28.7 Å². The molecule has 8 nitrogen and oxygen atoms in total. The number of anilines is 4. The molecule has 0 bridgehead atoms. The fourth-order valence-electron chi connectivity index (χ4n) is 2.74. The fraction of sp³-hybridized carbons (Fsp3) is 0.238. The molecule has 3 aromatic rings. The van der Waals surface area contributed by atoms with Gasteiger partial charge in [0.05, 0.1) is 11.5 Å². The Balaban J connectivity index is 1.83. The zero-order chi connectivity index (χ0) is 21.5. The lowest BCUT2D eigenvalue weighted by atomic mass is 10.2. The van der Waals surface area contributed by atoms with Gasteiger partial charge in [0.2, 0.25) is 11.6 Å². The number of benzene rings is 2. The van der Waals surface area contributed by atoms with Gasteiger partial charge >= 0.3 is 5.69 Å². The summed E-state index contributed by atoms with van der Waals surface area (Å²) in [6.07, 6.45) is 3.31. The number of aryl methyl sites for hydroxylation is 1. The number of aromatic nitrogens is 2. The van der Waals surface area contributed by atoms with Crippen LogP contribution >= 0.6 is 11.6 Å². The second kappa shape index (κ2) is 9.89.